The molecule has 0 unspecified atom stereocenters. The number of aliphatic hydroxyl groups excluding tert-OH is 1. The maximum Gasteiger partial charge on any atom is 0.130 e. The molecule has 1 atom stereocenters. The fraction of sp³-hybridized carbons (Fsp3) is 1.00. The Morgan fingerprint density at radius 2 is 1.78 bits per heavy atom. The minimum absolute atomic E-state index is 0.354. The van der Waals surface area contributed by atoms with E-state index in [0.29, 0.717) is 19.1 Å². The van der Waals surface area contributed by atoms with Gasteiger partial charge in [0.15, 0.2) is 0 Å². The van der Waals surface area contributed by atoms with E-state index in [2.05, 4.69) is 27.4 Å². The lowest BCUT2D eigenvalue weighted by Gasteiger charge is -2.36. The SMILES string of the molecule is [BH3-][P@+](C)(CO)C(C)(C)C. The van der Waals surface area contributed by atoms with Gasteiger partial charge in [-0.1, -0.05) is 0 Å². The van der Waals surface area contributed by atoms with Gasteiger partial charge in [0.2, 0.25) is 0 Å². The molecule has 0 aliphatic heterocycles. The second-order valence-electron chi connectivity index (χ2n) is 3.01. The molecule has 0 amide bonds. The lowest BCUT2D eigenvalue weighted by molar-refractivity contribution is 0.366. The molecule has 0 saturated carbocycles. The Balaban J connectivity index is 4.14. The van der Waals surface area contributed by atoms with Gasteiger partial charge in [0.25, 0.3) is 0 Å². The van der Waals surface area contributed by atoms with Gasteiger partial charge in [0.05, 0.1) is 0 Å². The van der Waals surface area contributed by atoms with Crippen molar-refractivity contribution < 1.29 is 5.11 Å². The van der Waals surface area contributed by atoms with Gasteiger partial charge in [-0.2, -0.15) is 0 Å². The predicted molar refractivity (Wildman–Crippen MR) is 49.6 cm³/mol. The summed E-state index contributed by atoms with van der Waals surface area (Å²) in [6, 6.07) is 0. The van der Waals surface area contributed by atoms with Gasteiger partial charge < -0.3 is 5.11 Å². The summed E-state index contributed by atoms with van der Waals surface area (Å²) >= 11 is 0. The molecule has 0 aromatic heterocycles. The molecule has 0 radical (unpaired) electrons. The van der Waals surface area contributed by atoms with E-state index in [0.717, 1.165) is 0 Å². The van der Waals surface area contributed by atoms with Crippen LogP contribution in [-0.2, 0) is 0 Å². The van der Waals surface area contributed by atoms with Crippen molar-refractivity contribution in [3.05, 3.63) is 0 Å². The molecule has 0 bridgehead atoms. The van der Waals surface area contributed by atoms with E-state index in [1.54, 1.807) is 0 Å². The molecular weight excluding hydrogens is 130 g/mol. The highest BCUT2D eigenvalue weighted by molar-refractivity contribution is 7.97. The Kier molecular flexibility index (Phi) is 2.73. The zero-order chi connectivity index (χ0) is 7.71. The Morgan fingerprint density at radius 3 is 1.78 bits per heavy atom. The summed E-state index contributed by atoms with van der Waals surface area (Å²) in [6.07, 6.45) is 0.483. The van der Waals surface area contributed by atoms with Crippen molar-refractivity contribution in [2.24, 2.45) is 0 Å². The lowest BCUT2D eigenvalue weighted by atomic mass is 10.3. The third-order valence-electron chi connectivity index (χ3n) is 1.36. The smallest absolute Gasteiger partial charge is 0.130 e. The highest BCUT2D eigenvalue weighted by Gasteiger charge is 2.32. The molecule has 0 aliphatic carbocycles. The van der Waals surface area contributed by atoms with Crippen molar-refractivity contribution in [2.75, 3.05) is 13.0 Å². The molecule has 1 N–H and O–H groups in total. The van der Waals surface area contributed by atoms with Crippen molar-refractivity contribution in [2.45, 2.75) is 25.9 Å². The van der Waals surface area contributed by atoms with Gasteiger partial charge in [-0.25, -0.2) is 0 Å². The molecule has 1 nitrogen and oxygen atoms in total. The van der Waals surface area contributed by atoms with Crippen LogP contribution in [-0.4, -0.2) is 30.8 Å². The van der Waals surface area contributed by atoms with Crippen LogP contribution < -0.4 is 0 Å². The molecule has 0 saturated heterocycles. The molecule has 9 heavy (non-hydrogen) atoms. The van der Waals surface area contributed by atoms with E-state index in [-0.39, 0.29) is 0 Å². The van der Waals surface area contributed by atoms with Crippen LogP contribution in [0.5, 0.6) is 0 Å². The summed E-state index contributed by atoms with van der Waals surface area (Å²) in [4.78, 5) is 0. The summed E-state index contributed by atoms with van der Waals surface area (Å²) in [5.41, 5.74) is 0. The van der Waals surface area contributed by atoms with Crippen molar-refractivity contribution in [3.63, 3.8) is 0 Å². The minimum atomic E-state index is -0.802. The van der Waals surface area contributed by atoms with E-state index in [1.807, 2.05) is 0 Å². The van der Waals surface area contributed by atoms with E-state index < -0.39 is 7.14 Å². The van der Waals surface area contributed by atoms with Gasteiger partial charge in [-0.3, -0.25) is 0 Å². The Hall–Kier alpha value is 0.455. The van der Waals surface area contributed by atoms with Crippen LogP contribution in [0.3, 0.4) is 0 Å². The van der Waals surface area contributed by atoms with E-state index >= 15 is 0 Å². The predicted octanol–water partition coefficient (Wildman–Crippen LogP) is 0.662. The van der Waals surface area contributed by atoms with Crippen LogP contribution in [0.4, 0.5) is 0 Å². The quantitative estimate of drug-likeness (QED) is 0.427. The lowest BCUT2D eigenvalue weighted by Crippen LogP contribution is -2.21. The molecule has 3 heteroatoms. The molecule has 0 fully saturated rings. The molecule has 0 aliphatic rings. The maximum absolute atomic E-state index is 9.04. The Morgan fingerprint density at radius 1 is 1.44 bits per heavy atom. The van der Waals surface area contributed by atoms with E-state index in [4.69, 9.17) is 5.11 Å². The first-order chi connectivity index (χ1) is 3.81. The zero-order valence-corrected chi connectivity index (χ0v) is 7.00. The second kappa shape index (κ2) is 2.60. The number of aliphatic hydroxyl groups is 1. The van der Waals surface area contributed by atoms with Gasteiger partial charge in [-0.15, -0.1) is 7.14 Å². The fourth-order valence-corrected chi connectivity index (χ4v) is 0.636. The van der Waals surface area contributed by atoms with Crippen molar-refractivity contribution >= 4 is 14.7 Å². The Labute approximate surface area is 59.6 Å². The first-order valence-corrected chi connectivity index (χ1v) is 4.78. The van der Waals surface area contributed by atoms with Crippen LogP contribution in [0.25, 0.3) is 0 Å². The highest BCUT2D eigenvalue weighted by atomic mass is 31.2. The standard InChI is InChI=1S/C6H18BOP/c1-6(2,3)9(4,7)5-8/h8H,5H2,1-4,7H3/t9-/m1/s1. The van der Waals surface area contributed by atoms with Crippen LogP contribution in [0.2, 0.25) is 0 Å². The molecule has 0 aromatic carbocycles. The third-order valence-corrected chi connectivity index (χ3v) is 4.07. The summed E-state index contributed by atoms with van der Waals surface area (Å²) < 4.78 is 0. The first kappa shape index (κ1) is 9.45. The number of rotatable bonds is 1. The average molecular weight is 148 g/mol. The number of hydrogen-bond acceptors (Lipinski definition) is 1. The van der Waals surface area contributed by atoms with Gasteiger partial charge in [0.1, 0.15) is 13.9 Å². The number of hydrogen-bond donors (Lipinski definition) is 1. The average Bonchev–Trinajstić information content (AvgIpc) is 1.64. The van der Waals surface area contributed by atoms with Crippen LogP contribution >= 0.6 is 7.14 Å². The van der Waals surface area contributed by atoms with E-state index in [9.17, 15) is 0 Å². The minimum Gasteiger partial charge on any atom is -0.366 e. The summed E-state index contributed by atoms with van der Waals surface area (Å²) in [5, 5.41) is 9.46. The topological polar surface area (TPSA) is 20.2 Å². The van der Waals surface area contributed by atoms with E-state index in [1.165, 1.54) is 0 Å². The summed E-state index contributed by atoms with van der Waals surface area (Å²) in [6.45, 7) is 9.06. The fourth-order valence-electron chi connectivity index (χ4n) is 0.212. The maximum atomic E-state index is 9.04. The largest absolute Gasteiger partial charge is 0.366 e. The van der Waals surface area contributed by atoms with Crippen LogP contribution in [0.1, 0.15) is 20.8 Å². The third kappa shape index (κ3) is 2.27. The second-order valence-corrected chi connectivity index (χ2v) is 6.03. The van der Waals surface area contributed by atoms with Gasteiger partial charge in [-0.05, 0) is 20.8 Å². The Bertz CT molecular complexity index is 95.7. The van der Waals surface area contributed by atoms with Crippen molar-refractivity contribution in [1.29, 1.82) is 0 Å². The molecule has 0 heterocycles. The molecule has 0 rings (SSSR count). The van der Waals surface area contributed by atoms with Crippen LogP contribution in [0.15, 0.2) is 0 Å². The van der Waals surface area contributed by atoms with Crippen molar-refractivity contribution in [1.82, 2.24) is 0 Å². The molecule has 56 valence electrons. The van der Waals surface area contributed by atoms with Crippen molar-refractivity contribution in [3.8, 4) is 0 Å². The summed E-state index contributed by atoms with van der Waals surface area (Å²) in [5.74, 6) is 0. The van der Waals surface area contributed by atoms with Gasteiger partial charge in [0, 0.05) is 11.8 Å². The normalized spacial score (nSPS) is 19.3. The first-order valence-electron chi connectivity index (χ1n) is 2.80. The monoisotopic (exact) mass is 148 g/mol. The van der Waals surface area contributed by atoms with Gasteiger partial charge >= 0.3 is 0 Å². The molecule has 0 spiro atoms. The molecule has 0 aromatic rings. The highest BCUT2D eigenvalue weighted by Crippen LogP contribution is 2.60. The van der Waals surface area contributed by atoms with Crippen LogP contribution in [0, 0.1) is 0 Å². The molecular formula is C6H18BOP. The zero-order valence-electron chi connectivity index (χ0n) is 6.10. The summed E-state index contributed by atoms with van der Waals surface area (Å²) in [7, 11) is -0.448.